The molecule has 0 saturated heterocycles. The number of hydrogen-bond donors (Lipinski definition) is 0. The molecule has 58 valence electrons. The summed E-state index contributed by atoms with van der Waals surface area (Å²) in [5.74, 6) is 0.882. The van der Waals surface area contributed by atoms with Crippen molar-refractivity contribution in [3.05, 3.63) is 0 Å². The summed E-state index contributed by atoms with van der Waals surface area (Å²) >= 11 is 0. The number of hydrogen-bond acceptors (Lipinski definition) is 0. The molecule has 1 fully saturated rings. The quantitative estimate of drug-likeness (QED) is 0.488. The van der Waals surface area contributed by atoms with Crippen molar-refractivity contribution in [1.29, 1.82) is 0 Å². The Kier molecular flexibility index (Phi) is 2.43. The highest BCUT2D eigenvalue weighted by molar-refractivity contribution is 6.15. The largest absolute Gasteiger partial charge is 0.109 e. The average Bonchev–Trinajstić information content (AvgIpc) is 1.89. The highest BCUT2D eigenvalue weighted by Gasteiger charge is 2.29. The molecule has 1 rings (SSSR count). The van der Waals surface area contributed by atoms with Crippen LogP contribution in [0.4, 0.5) is 0 Å². The molecule has 0 N–H and O–H groups in total. The lowest BCUT2D eigenvalue weighted by atomic mass is 9.55. The van der Waals surface area contributed by atoms with Crippen LogP contribution in [0.3, 0.4) is 0 Å². The van der Waals surface area contributed by atoms with Gasteiger partial charge < -0.3 is 0 Å². The van der Waals surface area contributed by atoms with Gasteiger partial charge in [0.05, 0.1) is 0 Å². The minimum Gasteiger partial charge on any atom is -0.0629 e. The summed E-state index contributed by atoms with van der Waals surface area (Å²) in [5, 5.41) is 0.679. The Morgan fingerprint density at radius 1 is 1.10 bits per heavy atom. The van der Waals surface area contributed by atoms with Crippen molar-refractivity contribution in [3.8, 4) is 0 Å². The standard InChI is InChI=1S/C9H19B/c1-8(2)9(10)6-4-3-5-7-9/h8H,3-7,10H2,1-2H3. The minimum absolute atomic E-state index is 0.679. The van der Waals surface area contributed by atoms with Gasteiger partial charge in [0.25, 0.3) is 0 Å². The molecule has 0 amide bonds. The summed E-state index contributed by atoms with van der Waals surface area (Å²) in [5.41, 5.74) is 0. The van der Waals surface area contributed by atoms with Gasteiger partial charge in [-0.1, -0.05) is 51.3 Å². The van der Waals surface area contributed by atoms with Crippen molar-refractivity contribution in [3.63, 3.8) is 0 Å². The fourth-order valence-corrected chi connectivity index (χ4v) is 1.94. The molecular weight excluding hydrogens is 119 g/mol. The topological polar surface area (TPSA) is 0 Å². The molecule has 1 aliphatic rings. The third-order valence-electron chi connectivity index (χ3n) is 3.39. The van der Waals surface area contributed by atoms with E-state index in [4.69, 9.17) is 0 Å². The molecule has 0 spiro atoms. The Morgan fingerprint density at radius 3 is 1.90 bits per heavy atom. The Bertz CT molecular complexity index is 101. The Balaban J connectivity index is 2.48. The van der Waals surface area contributed by atoms with Crippen LogP contribution in [0, 0.1) is 5.92 Å². The second-order valence-electron chi connectivity index (χ2n) is 4.37. The van der Waals surface area contributed by atoms with Gasteiger partial charge in [0.15, 0.2) is 0 Å². The molecule has 0 aromatic rings. The first kappa shape index (κ1) is 8.16. The van der Waals surface area contributed by atoms with Crippen LogP contribution in [0.25, 0.3) is 0 Å². The maximum absolute atomic E-state index is 2.46. The van der Waals surface area contributed by atoms with E-state index in [2.05, 4.69) is 21.7 Å². The third-order valence-corrected chi connectivity index (χ3v) is 3.39. The summed E-state index contributed by atoms with van der Waals surface area (Å²) in [6.45, 7) is 4.73. The van der Waals surface area contributed by atoms with Crippen molar-refractivity contribution >= 4 is 7.85 Å². The molecule has 0 radical (unpaired) electrons. The molecule has 0 aliphatic heterocycles. The van der Waals surface area contributed by atoms with E-state index in [1.807, 2.05) is 0 Å². The lowest BCUT2D eigenvalue weighted by Crippen LogP contribution is -2.22. The van der Waals surface area contributed by atoms with Crippen molar-refractivity contribution in [1.82, 2.24) is 0 Å². The summed E-state index contributed by atoms with van der Waals surface area (Å²) in [6.07, 6.45) is 7.33. The summed E-state index contributed by atoms with van der Waals surface area (Å²) in [6, 6.07) is 0. The van der Waals surface area contributed by atoms with E-state index in [9.17, 15) is 0 Å². The van der Waals surface area contributed by atoms with E-state index in [-0.39, 0.29) is 0 Å². The smallest absolute Gasteiger partial charge is 0.0629 e. The van der Waals surface area contributed by atoms with E-state index in [1.165, 1.54) is 32.1 Å². The van der Waals surface area contributed by atoms with Crippen molar-refractivity contribution < 1.29 is 0 Å². The van der Waals surface area contributed by atoms with Crippen LogP contribution >= 0.6 is 0 Å². The minimum atomic E-state index is 0.679. The molecule has 1 aliphatic carbocycles. The average molecular weight is 138 g/mol. The lowest BCUT2D eigenvalue weighted by Gasteiger charge is -2.37. The highest BCUT2D eigenvalue weighted by Crippen LogP contribution is 2.45. The zero-order valence-electron chi connectivity index (χ0n) is 7.61. The van der Waals surface area contributed by atoms with Gasteiger partial charge >= 0.3 is 0 Å². The Labute approximate surface area is 65.8 Å². The van der Waals surface area contributed by atoms with Gasteiger partial charge in [0.1, 0.15) is 7.85 Å². The van der Waals surface area contributed by atoms with Gasteiger partial charge in [-0.25, -0.2) is 0 Å². The zero-order chi connectivity index (χ0) is 7.61. The van der Waals surface area contributed by atoms with Crippen molar-refractivity contribution in [2.45, 2.75) is 51.3 Å². The Morgan fingerprint density at radius 2 is 1.60 bits per heavy atom. The van der Waals surface area contributed by atoms with Gasteiger partial charge in [0, 0.05) is 0 Å². The molecule has 0 atom stereocenters. The predicted octanol–water partition coefficient (Wildman–Crippen LogP) is 2.40. The van der Waals surface area contributed by atoms with Crippen LogP contribution in [0.2, 0.25) is 5.31 Å². The molecule has 10 heavy (non-hydrogen) atoms. The monoisotopic (exact) mass is 138 g/mol. The highest BCUT2D eigenvalue weighted by atomic mass is 14.3. The molecule has 0 aromatic carbocycles. The van der Waals surface area contributed by atoms with Crippen LogP contribution in [0.5, 0.6) is 0 Å². The second kappa shape index (κ2) is 2.98. The summed E-state index contributed by atoms with van der Waals surface area (Å²) < 4.78 is 0. The van der Waals surface area contributed by atoms with E-state index in [1.54, 1.807) is 0 Å². The van der Waals surface area contributed by atoms with E-state index >= 15 is 0 Å². The fourth-order valence-electron chi connectivity index (χ4n) is 1.94. The summed E-state index contributed by atoms with van der Waals surface area (Å²) in [4.78, 5) is 0. The first-order valence-corrected chi connectivity index (χ1v) is 4.65. The molecule has 1 saturated carbocycles. The molecule has 0 bridgehead atoms. The van der Waals surface area contributed by atoms with Crippen LogP contribution in [0.15, 0.2) is 0 Å². The normalized spacial score (nSPS) is 25.1. The fraction of sp³-hybridized carbons (Fsp3) is 1.00. The van der Waals surface area contributed by atoms with Gasteiger partial charge in [-0.05, 0) is 5.92 Å². The van der Waals surface area contributed by atoms with Gasteiger partial charge in [-0.3, -0.25) is 0 Å². The van der Waals surface area contributed by atoms with Gasteiger partial charge in [-0.15, -0.1) is 0 Å². The Hall–Kier alpha value is 0.0649. The molecule has 0 aromatic heterocycles. The van der Waals surface area contributed by atoms with Crippen molar-refractivity contribution in [2.24, 2.45) is 5.92 Å². The van der Waals surface area contributed by atoms with E-state index in [0.29, 0.717) is 5.31 Å². The third kappa shape index (κ3) is 1.56. The molecule has 0 heterocycles. The molecule has 0 unspecified atom stereocenters. The van der Waals surface area contributed by atoms with Crippen LogP contribution in [-0.4, -0.2) is 7.85 Å². The zero-order valence-corrected chi connectivity index (χ0v) is 7.61. The van der Waals surface area contributed by atoms with Crippen LogP contribution in [-0.2, 0) is 0 Å². The molecular formula is C9H19B. The van der Waals surface area contributed by atoms with Gasteiger partial charge in [-0.2, -0.15) is 0 Å². The SMILES string of the molecule is BC1(C(C)C)CCCCC1. The maximum atomic E-state index is 2.46. The second-order valence-corrected chi connectivity index (χ2v) is 4.37. The lowest BCUT2D eigenvalue weighted by molar-refractivity contribution is 0.300. The maximum Gasteiger partial charge on any atom is 0.109 e. The first-order valence-electron chi connectivity index (χ1n) is 4.65. The molecule has 0 nitrogen and oxygen atoms in total. The van der Waals surface area contributed by atoms with Crippen molar-refractivity contribution in [2.75, 3.05) is 0 Å². The predicted molar refractivity (Wildman–Crippen MR) is 49.2 cm³/mol. The van der Waals surface area contributed by atoms with E-state index in [0.717, 1.165) is 5.92 Å². The molecule has 1 heteroatoms. The number of rotatable bonds is 1. The van der Waals surface area contributed by atoms with E-state index < -0.39 is 0 Å². The summed E-state index contributed by atoms with van der Waals surface area (Å²) in [7, 11) is 2.46. The van der Waals surface area contributed by atoms with Crippen LogP contribution in [0.1, 0.15) is 46.0 Å². The first-order chi connectivity index (χ1) is 4.65. The van der Waals surface area contributed by atoms with Crippen LogP contribution < -0.4 is 0 Å². The van der Waals surface area contributed by atoms with Gasteiger partial charge in [0.2, 0.25) is 0 Å².